The highest BCUT2D eigenvalue weighted by molar-refractivity contribution is 6.23. The molecule has 67 heavy (non-hydrogen) atoms. The summed E-state index contributed by atoms with van der Waals surface area (Å²) < 4.78 is 56.2. The van der Waals surface area contributed by atoms with Gasteiger partial charge in [-0.2, -0.15) is 18.4 Å². The minimum Gasteiger partial charge on any atom is -0.371 e. The second-order valence-electron chi connectivity index (χ2n) is 18.6. The molecule has 8 heterocycles. The van der Waals surface area contributed by atoms with Gasteiger partial charge in [-0.05, 0) is 80.3 Å². The van der Waals surface area contributed by atoms with E-state index < -0.39 is 58.7 Å². The third-order valence-electron chi connectivity index (χ3n) is 14.5. The molecule has 16 nitrogen and oxygen atoms in total. The number of hydrogen-bond acceptors (Lipinski definition) is 13. The summed E-state index contributed by atoms with van der Waals surface area (Å²) in [5.41, 5.74) is -1.60. The molecular formula is C47H53F4N11O5. The second kappa shape index (κ2) is 18.8. The highest BCUT2D eigenvalue weighted by Gasteiger charge is 2.46. The third kappa shape index (κ3) is 9.80. The zero-order valence-electron chi connectivity index (χ0n) is 37.1. The van der Waals surface area contributed by atoms with Gasteiger partial charge >= 0.3 is 6.18 Å². The molecule has 1 unspecified atom stereocenters. The topological polar surface area (TPSA) is 178 Å². The lowest BCUT2D eigenvalue weighted by atomic mass is 9.92. The minimum atomic E-state index is -4.77. The van der Waals surface area contributed by atoms with Crippen LogP contribution in [0.15, 0.2) is 48.8 Å². The Morgan fingerprint density at radius 1 is 0.731 bits per heavy atom. The van der Waals surface area contributed by atoms with Crippen molar-refractivity contribution < 1.29 is 41.5 Å². The fourth-order valence-electron chi connectivity index (χ4n) is 10.4. The van der Waals surface area contributed by atoms with Gasteiger partial charge in [0.2, 0.25) is 11.8 Å². The Labute approximate surface area is 385 Å². The molecular weight excluding hydrogens is 875 g/mol. The number of piperazine rings is 1. The summed E-state index contributed by atoms with van der Waals surface area (Å²) in [5, 5.41) is 13.9. The number of alkyl halides is 4. The van der Waals surface area contributed by atoms with Crippen LogP contribution in [0.2, 0.25) is 0 Å². The maximum absolute atomic E-state index is 15.8. The van der Waals surface area contributed by atoms with Gasteiger partial charge in [-0.25, -0.2) is 14.4 Å². The number of imide groups is 2. The first-order valence-corrected chi connectivity index (χ1v) is 23.1. The number of amides is 5. The van der Waals surface area contributed by atoms with Gasteiger partial charge in [-0.1, -0.05) is 0 Å². The van der Waals surface area contributed by atoms with Gasteiger partial charge in [0.25, 0.3) is 17.7 Å². The highest BCUT2D eigenvalue weighted by atomic mass is 19.4. The molecule has 5 fully saturated rings. The van der Waals surface area contributed by atoms with Gasteiger partial charge in [-0.15, -0.1) is 0 Å². The van der Waals surface area contributed by atoms with E-state index in [1.807, 2.05) is 12.1 Å². The second-order valence-corrected chi connectivity index (χ2v) is 18.6. The number of rotatable bonds is 10. The molecule has 5 amide bonds. The Hall–Kier alpha value is -6.20. The monoisotopic (exact) mass is 927 g/mol. The molecule has 5 saturated heterocycles. The van der Waals surface area contributed by atoms with E-state index in [9.17, 15) is 37.1 Å². The zero-order valence-corrected chi connectivity index (χ0v) is 37.1. The molecule has 20 heteroatoms. The molecule has 0 aliphatic carbocycles. The number of hydrogen-bond donors (Lipinski definition) is 2. The average Bonchev–Trinajstić information content (AvgIpc) is 3.57. The van der Waals surface area contributed by atoms with Crippen molar-refractivity contribution in [2.45, 2.75) is 69.3 Å². The number of piperidine rings is 4. The van der Waals surface area contributed by atoms with E-state index in [0.29, 0.717) is 17.4 Å². The molecule has 0 spiro atoms. The number of benzene rings is 1. The summed E-state index contributed by atoms with van der Waals surface area (Å²) in [6.45, 7) is 9.67. The molecule has 2 aromatic heterocycles. The normalized spacial score (nSPS) is 22.5. The lowest BCUT2D eigenvalue weighted by molar-refractivity contribution is -0.138. The van der Waals surface area contributed by atoms with Gasteiger partial charge in [0, 0.05) is 103 Å². The quantitative estimate of drug-likeness (QED) is 0.215. The number of carbonyl (C=O) groups excluding carboxylic acids is 5. The molecule has 0 saturated carbocycles. The molecule has 354 valence electrons. The van der Waals surface area contributed by atoms with E-state index in [-0.39, 0.29) is 55.8 Å². The summed E-state index contributed by atoms with van der Waals surface area (Å²) in [4.78, 5) is 83.9. The SMILES string of the molecule is N#Cc1ncc(N2CCC(F)(C(=O)Nc3ccc(N4CCC(CN5CCN(CC6CCN(c7ccc8c(c7)C(=O)N(C7CCC(=O)NC7=O)C8=O)CC6)CC5)CC4)cn3)CC2)cc1C(F)(F)F. The van der Waals surface area contributed by atoms with Gasteiger partial charge in [0.1, 0.15) is 17.9 Å². The molecule has 6 aliphatic heterocycles. The summed E-state index contributed by atoms with van der Waals surface area (Å²) in [6.07, 6.45) is 1.95. The number of nitriles is 1. The van der Waals surface area contributed by atoms with Gasteiger partial charge in [0.15, 0.2) is 11.4 Å². The Morgan fingerprint density at radius 2 is 1.30 bits per heavy atom. The smallest absolute Gasteiger partial charge is 0.371 e. The number of carbonyl (C=O) groups is 5. The predicted molar refractivity (Wildman–Crippen MR) is 238 cm³/mol. The Bertz CT molecular complexity index is 2430. The Kier molecular flexibility index (Phi) is 12.9. The van der Waals surface area contributed by atoms with Crippen LogP contribution in [0.3, 0.4) is 0 Å². The van der Waals surface area contributed by atoms with Crippen LogP contribution in [-0.4, -0.2) is 144 Å². The van der Waals surface area contributed by atoms with Crippen LogP contribution in [-0.2, 0) is 20.6 Å². The van der Waals surface area contributed by atoms with E-state index in [2.05, 4.69) is 40.2 Å². The maximum Gasteiger partial charge on any atom is 0.419 e. The van der Waals surface area contributed by atoms with Crippen molar-refractivity contribution in [2.75, 3.05) is 98.6 Å². The fraction of sp³-hybridized carbons (Fsp3) is 0.532. The summed E-state index contributed by atoms with van der Waals surface area (Å²) in [6, 6.07) is 10.2. The van der Waals surface area contributed by atoms with Crippen LogP contribution in [0.1, 0.15) is 83.3 Å². The van der Waals surface area contributed by atoms with Crippen molar-refractivity contribution in [1.82, 2.24) is 30.0 Å². The van der Waals surface area contributed by atoms with E-state index in [4.69, 9.17) is 5.26 Å². The van der Waals surface area contributed by atoms with Crippen LogP contribution in [0.4, 0.5) is 40.4 Å². The molecule has 6 aliphatic rings. The third-order valence-corrected chi connectivity index (χ3v) is 14.5. The molecule has 1 aromatic carbocycles. The number of anilines is 4. The lowest BCUT2D eigenvalue weighted by Crippen LogP contribution is -2.54. The minimum absolute atomic E-state index is 0.00908. The number of nitrogens with zero attached hydrogens (tertiary/aromatic N) is 9. The first-order valence-electron chi connectivity index (χ1n) is 23.1. The predicted octanol–water partition coefficient (Wildman–Crippen LogP) is 4.47. The van der Waals surface area contributed by atoms with Crippen molar-refractivity contribution >= 4 is 52.4 Å². The van der Waals surface area contributed by atoms with E-state index in [0.717, 1.165) is 120 Å². The molecule has 3 aromatic rings. The molecule has 0 bridgehead atoms. The first-order chi connectivity index (χ1) is 32.2. The summed E-state index contributed by atoms with van der Waals surface area (Å²) in [7, 11) is 0. The van der Waals surface area contributed by atoms with E-state index in [1.54, 1.807) is 24.4 Å². The first kappa shape index (κ1) is 45.9. The summed E-state index contributed by atoms with van der Waals surface area (Å²) >= 11 is 0. The summed E-state index contributed by atoms with van der Waals surface area (Å²) in [5.74, 6) is -1.48. The van der Waals surface area contributed by atoms with Crippen molar-refractivity contribution in [3.63, 3.8) is 0 Å². The van der Waals surface area contributed by atoms with Crippen molar-refractivity contribution in [1.29, 1.82) is 5.26 Å². The van der Waals surface area contributed by atoms with E-state index >= 15 is 4.39 Å². The Balaban J connectivity index is 0.668. The number of aromatic nitrogens is 2. The Morgan fingerprint density at radius 3 is 1.87 bits per heavy atom. The standard InChI is InChI=1S/C47H53F4N11O5/c48-46(11-17-61(18-12-46)34-24-37(47(49,50)51)38(25-52)53-27-34)45(67)55-40-5-2-33(26-54-40)60-15-9-31(10-16-60)29-58-21-19-57(20-22-58)28-30-7-13-59(14-8-30)32-1-3-35-36(23-32)44(66)62(43(35)65)39-4-6-41(63)56-42(39)64/h1-3,5,23-24,26-27,30-31,39H,4,6-22,28-29H2,(H,54,55,67)(H,56,63,64). The van der Waals surface area contributed by atoms with Crippen LogP contribution >= 0.6 is 0 Å². The molecule has 9 rings (SSSR count). The number of nitrogens with one attached hydrogen (secondary N) is 2. The lowest BCUT2D eigenvalue weighted by Gasteiger charge is -2.41. The number of halogens is 4. The molecule has 2 N–H and O–H groups in total. The van der Waals surface area contributed by atoms with Crippen LogP contribution in [0.5, 0.6) is 0 Å². The number of pyridine rings is 2. The molecule has 1 atom stereocenters. The van der Waals surface area contributed by atoms with Crippen molar-refractivity contribution in [3.8, 4) is 6.07 Å². The maximum atomic E-state index is 15.8. The van der Waals surface area contributed by atoms with Gasteiger partial charge in [-0.3, -0.25) is 34.2 Å². The van der Waals surface area contributed by atoms with Crippen molar-refractivity contribution in [2.24, 2.45) is 11.8 Å². The van der Waals surface area contributed by atoms with Crippen LogP contribution < -0.4 is 25.3 Å². The fourth-order valence-corrected chi connectivity index (χ4v) is 10.4. The van der Waals surface area contributed by atoms with Crippen LogP contribution in [0, 0.1) is 23.2 Å². The van der Waals surface area contributed by atoms with Gasteiger partial charge < -0.3 is 29.8 Å². The zero-order chi connectivity index (χ0) is 47.0. The van der Waals surface area contributed by atoms with E-state index in [1.165, 1.54) is 11.0 Å². The van der Waals surface area contributed by atoms with Crippen molar-refractivity contribution in [3.05, 3.63) is 71.2 Å². The van der Waals surface area contributed by atoms with Gasteiger partial charge in [0.05, 0.1) is 40.5 Å². The highest BCUT2D eigenvalue weighted by Crippen LogP contribution is 2.37. The number of fused-ring (bicyclic) bond motifs is 1. The van der Waals surface area contributed by atoms with Crippen LogP contribution in [0.25, 0.3) is 0 Å². The average molecular weight is 928 g/mol. The largest absolute Gasteiger partial charge is 0.419 e. The molecule has 0 radical (unpaired) electrons.